The van der Waals surface area contributed by atoms with Crippen molar-refractivity contribution in [2.45, 2.75) is 0 Å². The summed E-state index contributed by atoms with van der Waals surface area (Å²) in [5.74, 6) is 0. The number of hydrogen-bond donors (Lipinski definition) is 0. The summed E-state index contributed by atoms with van der Waals surface area (Å²) in [6.45, 7) is 0. The van der Waals surface area contributed by atoms with Gasteiger partial charge >= 0.3 is 0 Å². The normalized spacial score (nSPS) is 11.3. The highest BCUT2D eigenvalue weighted by atomic mass is 15.1. The van der Waals surface area contributed by atoms with Crippen molar-refractivity contribution < 1.29 is 0 Å². The Kier molecular flexibility index (Phi) is 9.95. The van der Waals surface area contributed by atoms with Crippen LogP contribution in [0.4, 0.5) is 22.7 Å². The summed E-state index contributed by atoms with van der Waals surface area (Å²) in [6, 6.07) is 86.4. The predicted octanol–water partition coefficient (Wildman–Crippen LogP) is 15.9. The SMILES string of the molecule is CN(c1ccc(-c2ccccc2)cc1)c1ccc2c(c1)c1ccccc1n2-c1ccccc1.CN(c1ccc2c(c1)c1ccccc1n2-c1ccccc1)c1cccc2ccccc12. The van der Waals surface area contributed by atoms with Crippen LogP contribution in [0.2, 0.25) is 0 Å². The molecule has 12 rings (SSSR count). The zero-order valence-electron chi connectivity index (χ0n) is 35.9. The second-order valence-corrected chi connectivity index (χ2v) is 16.3. The van der Waals surface area contributed by atoms with Crippen molar-refractivity contribution in [2.75, 3.05) is 23.9 Å². The summed E-state index contributed by atoms with van der Waals surface area (Å²) in [7, 11) is 4.29. The predicted molar refractivity (Wildman–Crippen MR) is 274 cm³/mol. The minimum Gasteiger partial charge on any atom is -0.345 e. The summed E-state index contributed by atoms with van der Waals surface area (Å²) in [6.07, 6.45) is 0. The van der Waals surface area contributed by atoms with E-state index < -0.39 is 0 Å². The van der Waals surface area contributed by atoms with Gasteiger partial charge in [0.2, 0.25) is 0 Å². The summed E-state index contributed by atoms with van der Waals surface area (Å²) >= 11 is 0. The average Bonchev–Trinajstić information content (AvgIpc) is 3.89. The van der Waals surface area contributed by atoms with Crippen LogP contribution in [-0.2, 0) is 0 Å². The van der Waals surface area contributed by atoms with Crippen LogP contribution in [0.15, 0.2) is 243 Å². The van der Waals surface area contributed by atoms with Crippen LogP contribution in [-0.4, -0.2) is 23.2 Å². The molecule has 0 saturated carbocycles. The van der Waals surface area contributed by atoms with Gasteiger partial charge in [-0.3, -0.25) is 0 Å². The topological polar surface area (TPSA) is 16.3 Å². The lowest BCUT2D eigenvalue weighted by Gasteiger charge is -2.22. The van der Waals surface area contributed by atoms with E-state index in [4.69, 9.17) is 0 Å². The molecular formula is C60H46N4. The minimum atomic E-state index is 1.17. The average molecular weight is 823 g/mol. The van der Waals surface area contributed by atoms with E-state index in [-0.39, 0.29) is 0 Å². The first kappa shape index (κ1) is 38.6. The molecule has 0 amide bonds. The van der Waals surface area contributed by atoms with E-state index in [0.717, 1.165) is 0 Å². The van der Waals surface area contributed by atoms with Crippen molar-refractivity contribution in [3.63, 3.8) is 0 Å². The second-order valence-electron chi connectivity index (χ2n) is 16.3. The van der Waals surface area contributed by atoms with Gasteiger partial charge in [0.25, 0.3) is 0 Å². The van der Waals surface area contributed by atoms with E-state index in [1.165, 1.54) is 99.6 Å². The molecule has 2 aromatic heterocycles. The van der Waals surface area contributed by atoms with E-state index in [1.807, 2.05) is 0 Å². The fourth-order valence-corrected chi connectivity index (χ4v) is 9.35. The summed E-state index contributed by atoms with van der Waals surface area (Å²) in [5.41, 5.74) is 14.5. The first-order valence-electron chi connectivity index (χ1n) is 21.9. The molecule has 10 aromatic carbocycles. The molecule has 2 heterocycles. The van der Waals surface area contributed by atoms with Crippen molar-refractivity contribution in [3.05, 3.63) is 243 Å². The molecule has 4 heteroatoms. The zero-order valence-corrected chi connectivity index (χ0v) is 35.9. The molecule has 0 spiro atoms. The van der Waals surface area contributed by atoms with Gasteiger partial charge < -0.3 is 18.9 Å². The van der Waals surface area contributed by atoms with E-state index in [0.29, 0.717) is 0 Å². The Balaban J connectivity index is 0.000000143. The van der Waals surface area contributed by atoms with Gasteiger partial charge in [-0.25, -0.2) is 0 Å². The zero-order chi connectivity index (χ0) is 43.0. The fourth-order valence-electron chi connectivity index (χ4n) is 9.35. The number of benzene rings is 10. The smallest absolute Gasteiger partial charge is 0.0542 e. The highest BCUT2D eigenvalue weighted by molar-refractivity contribution is 6.12. The summed E-state index contributed by atoms with van der Waals surface area (Å²) in [5, 5.41) is 7.59. The van der Waals surface area contributed by atoms with E-state index in [2.05, 4.69) is 276 Å². The Morgan fingerprint density at radius 3 is 1.25 bits per heavy atom. The van der Waals surface area contributed by atoms with Gasteiger partial charge in [-0.1, -0.05) is 152 Å². The van der Waals surface area contributed by atoms with Crippen molar-refractivity contribution >= 4 is 77.1 Å². The van der Waals surface area contributed by atoms with Crippen LogP contribution in [0, 0.1) is 0 Å². The number of rotatable bonds is 7. The highest BCUT2D eigenvalue weighted by Crippen LogP contribution is 2.39. The van der Waals surface area contributed by atoms with E-state index in [9.17, 15) is 0 Å². The number of fused-ring (bicyclic) bond motifs is 7. The van der Waals surface area contributed by atoms with Crippen LogP contribution in [0.5, 0.6) is 0 Å². The standard InChI is InChI=1S/C31H24N2.C29H22N2/c1-32(25-18-16-24(17-19-25)23-10-4-2-5-11-23)27-20-21-31-29(22-27)28-14-8-9-15-30(28)33(31)26-12-6-3-7-13-26;1-30(27-17-9-11-21-10-5-6-14-24(21)27)23-18-19-29-26(20-23)25-15-7-8-16-28(25)31(29)22-12-3-2-4-13-22/h2-22H,1H3;2-20H,1H3. The Labute approximate surface area is 373 Å². The lowest BCUT2D eigenvalue weighted by molar-refractivity contribution is 1.17. The Bertz CT molecular complexity index is 3570. The minimum absolute atomic E-state index is 1.17. The molecule has 4 nitrogen and oxygen atoms in total. The molecule has 0 aliphatic heterocycles. The molecule has 0 saturated heterocycles. The van der Waals surface area contributed by atoms with Crippen molar-refractivity contribution in [2.24, 2.45) is 0 Å². The van der Waals surface area contributed by atoms with Gasteiger partial charge in [-0.2, -0.15) is 0 Å². The molecule has 0 atom stereocenters. The third-order valence-electron chi connectivity index (χ3n) is 12.6. The van der Waals surface area contributed by atoms with Crippen LogP contribution in [0.1, 0.15) is 0 Å². The Hall–Kier alpha value is -8.34. The number of nitrogens with zero attached hydrogens (tertiary/aromatic N) is 4. The molecule has 0 fully saturated rings. The Morgan fingerprint density at radius 2 is 0.688 bits per heavy atom. The van der Waals surface area contributed by atoms with Gasteiger partial charge in [0.15, 0.2) is 0 Å². The third kappa shape index (κ3) is 6.92. The van der Waals surface area contributed by atoms with Crippen LogP contribution < -0.4 is 9.80 Å². The highest BCUT2D eigenvalue weighted by Gasteiger charge is 2.16. The third-order valence-corrected chi connectivity index (χ3v) is 12.6. The van der Waals surface area contributed by atoms with Crippen molar-refractivity contribution in [3.8, 4) is 22.5 Å². The van der Waals surface area contributed by atoms with Gasteiger partial charge in [0.1, 0.15) is 0 Å². The Morgan fingerprint density at radius 1 is 0.281 bits per heavy atom. The first-order chi connectivity index (χ1) is 31.6. The summed E-state index contributed by atoms with van der Waals surface area (Å²) < 4.78 is 4.70. The summed E-state index contributed by atoms with van der Waals surface area (Å²) in [4.78, 5) is 4.54. The molecule has 306 valence electrons. The lowest BCUT2D eigenvalue weighted by Crippen LogP contribution is -2.09. The first-order valence-corrected chi connectivity index (χ1v) is 21.9. The maximum absolute atomic E-state index is 2.35. The molecule has 0 bridgehead atoms. The van der Waals surface area contributed by atoms with Crippen molar-refractivity contribution in [1.29, 1.82) is 0 Å². The number of aromatic nitrogens is 2. The molecule has 12 aromatic rings. The quantitative estimate of drug-likeness (QED) is 0.159. The molecule has 0 aliphatic rings. The van der Waals surface area contributed by atoms with Gasteiger partial charge in [0, 0.05) is 75.2 Å². The monoisotopic (exact) mass is 822 g/mol. The van der Waals surface area contributed by atoms with Gasteiger partial charge in [-0.05, 0) is 108 Å². The molecule has 0 N–H and O–H groups in total. The van der Waals surface area contributed by atoms with Crippen molar-refractivity contribution in [1.82, 2.24) is 9.13 Å². The maximum Gasteiger partial charge on any atom is 0.0542 e. The van der Waals surface area contributed by atoms with Crippen LogP contribution >= 0.6 is 0 Å². The molecule has 0 radical (unpaired) electrons. The number of para-hydroxylation sites is 4. The van der Waals surface area contributed by atoms with Gasteiger partial charge in [-0.15, -0.1) is 0 Å². The van der Waals surface area contributed by atoms with E-state index >= 15 is 0 Å². The second kappa shape index (κ2) is 16.5. The fraction of sp³-hybridized carbons (Fsp3) is 0.0333. The van der Waals surface area contributed by atoms with E-state index in [1.54, 1.807) is 0 Å². The number of anilines is 4. The molecule has 0 aliphatic carbocycles. The molecule has 0 unspecified atom stereocenters. The largest absolute Gasteiger partial charge is 0.345 e. The maximum atomic E-state index is 2.35. The van der Waals surface area contributed by atoms with Crippen LogP contribution in [0.25, 0.3) is 76.9 Å². The van der Waals surface area contributed by atoms with Crippen LogP contribution in [0.3, 0.4) is 0 Å². The molecular weight excluding hydrogens is 777 g/mol. The molecule has 64 heavy (non-hydrogen) atoms. The van der Waals surface area contributed by atoms with Gasteiger partial charge in [0.05, 0.1) is 22.1 Å². The number of hydrogen-bond acceptors (Lipinski definition) is 2. The lowest BCUT2D eigenvalue weighted by atomic mass is 10.1.